The summed E-state index contributed by atoms with van der Waals surface area (Å²) in [5, 5.41) is 10.7. The van der Waals surface area contributed by atoms with Gasteiger partial charge >= 0.3 is 6.09 Å². The first-order chi connectivity index (χ1) is 29.9. The maximum Gasteiger partial charge on any atom is 0.408 e. The molecule has 328 valence electrons. The molecule has 17 heteroatoms. The minimum Gasteiger partial charge on any atom is -0.494 e. The zero-order chi connectivity index (χ0) is 43.2. The van der Waals surface area contributed by atoms with Gasteiger partial charge in [-0.05, 0) is 83.3 Å². The number of nitrogens with zero attached hydrogens (tertiary/aromatic N) is 4. The topological polar surface area (TPSA) is 200 Å². The minimum atomic E-state index is -3.92. The smallest absolute Gasteiger partial charge is 0.408 e. The van der Waals surface area contributed by atoms with Crippen molar-refractivity contribution in [3.05, 3.63) is 66.2 Å². The molecule has 0 spiro atoms. The molecule has 4 aromatic rings. The fourth-order valence-electron chi connectivity index (χ4n) is 9.13. The average Bonchev–Trinajstić information content (AvgIpc) is 4.06. The van der Waals surface area contributed by atoms with Crippen LogP contribution in [-0.4, -0.2) is 100 Å². The van der Waals surface area contributed by atoms with Gasteiger partial charge < -0.3 is 29.7 Å². The summed E-state index contributed by atoms with van der Waals surface area (Å²) in [5.74, 6) is -1.49. The van der Waals surface area contributed by atoms with E-state index in [9.17, 15) is 27.6 Å². The van der Waals surface area contributed by atoms with Crippen LogP contribution in [0, 0.1) is 12.8 Å². The van der Waals surface area contributed by atoms with E-state index in [0.29, 0.717) is 60.6 Å². The standard InChI is InChI=1S/C45H53N7O9S/c1-27-17-19-28(20-18-27)35-24-38(52-40(46-35)33-14-10-16-37(59-2)39(33)49-52)60-31-23-36-41(53)48-45(43(55)50-62(57,58)32-21-22-32)25-29(45)11-6-4-3-5-7-15-34(42(54)51(36)26-31)47-44(56)61-30-12-8-9-13-30/h6,10-11,14,16-20,24,29-32,34,36H,3-5,7-9,12-13,15,21-23,25-26H2,1-2H3,(H,47,56)(H,48,53)(H,50,55)/b11-6-/t29-,31-,34+,36+,45-/m1/s1. The first-order valence-electron chi connectivity index (χ1n) is 21.8. The fraction of sp³-hybridized carbons (Fsp3) is 0.511. The largest absolute Gasteiger partial charge is 0.494 e. The maximum absolute atomic E-state index is 14.8. The fourth-order valence-corrected chi connectivity index (χ4v) is 10.5. The Kier molecular flexibility index (Phi) is 11.3. The maximum atomic E-state index is 14.8. The molecule has 4 fully saturated rings. The number of aryl methyl sites for hydroxylation is 1. The number of carbonyl (C=O) groups excluding carboxylic acids is 4. The number of benzene rings is 2. The number of allylic oxidation sites excluding steroid dienone is 1. The van der Waals surface area contributed by atoms with Gasteiger partial charge in [-0.25, -0.2) is 18.2 Å². The molecule has 2 aromatic heterocycles. The van der Waals surface area contributed by atoms with Crippen LogP contribution in [-0.2, 0) is 29.1 Å². The number of carbonyl (C=O) groups is 4. The monoisotopic (exact) mass is 867 g/mol. The Labute approximate surface area is 360 Å². The Morgan fingerprint density at radius 2 is 1.73 bits per heavy atom. The summed E-state index contributed by atoms with van der Waals surface area (Å²) in [6.07, 6.45) is 9.96. The minimum absolute atomic E-state index is 0.0170. The third kappa shape index (κ3) is 8.42. The van der Waals surface area contributed by atoms with Crippen molar-refractivity contribution < 1.29 is 41.8 Å². The van der Waals surface area contributed by atoms with Crippen molar-refractivity contribution in [3.8, 4) is 22.9 Å². The Bertz CT molecular complexity index is 2530. The van der Waals surface area contributed by atoms with E-state index in [1.165, 1.54) is 4.90 Å². The number of ether oxygens (including phenoxy) is 3. The highest BCUT2D eigenvalue weighted by Crippen LogP contribution is 2.46. The molecular formula is C45H53N7O9S. The van der Waals surface area contributed by atoms with Crippen molar-refractivity contribution >= 4 is 50.4 Å². The molecule has 0 radical (unpaired) electrons. The lowest BCUT2D eigenvalue weighted by Crippen LogP contribution is -2.58. The van der Waals surface area contributed by atoms with Crippen molar-refractivity contribution in [3.63, 3.8) is 0 Å². The van der Waals surface area contributed by atoms with Crippen molar-refractivity contribution in [1.82, 2.24) is 34.9 Å². The van der Waals surface area contributed by atoms with Crippen LogP contribution in [0.3, 0.4) is 0 Å². The van der Waals surface area contributed by atoms with Gasteiger partial charge in [0.15, 0.2) is 5.65 Å². The summed E-state index contributed by atoms with van der Waals surface area (Å²) in [4.78, 5) is 63.2. The van der Waals surface area contributed by atoms with E-state index in [1.54, 1.807) is 17.7 Å². The lowest BCUT2D eigenvalue weighted by Gasteiger charge is -2.30. The van der Waals surface area contributed by atoms with Crippen molar-refractivity contribution in [2.45, 2.75) is 125 Å². The third-order valence-corrected chi connectivity index (χ3v) is 14.7. The highest BCUT2D eigenvalue weighted by atomic mass is 32.2. The molecule has 5 aliphatic rings. The number of alkyl carbamates (subject to hydrolysis) is 1. The first-order valence-corrected chi connectivity index (χ1v) is 23.4. The molecule has 0 unspecified atom stereocenters. The molecule has 4 heterocycles. The van der Waals surface area contributed by atoms with E-state index in [0.717, 1.165) is 55.0 Å². The molecule has 9 rings (SSSR count). The molecule has 62 heavy (non-hydrogen) atoms. The molecular weight excluding hydrogens is 815 g/mol. The molecule has 3 aliphatic carbocycles. The predicted molar refractivity (Wildman–Crippen MR) is 229 cm³/mol. The molecule has 3 N–H and O–H groups in total. The molecule has 2 aliphatic heterocycles. The molecule has 0 bridgehead atoms. The Morgan fingerprint density at radius 3 is 2.48 bits per heavy atom. The molecule has 4 amide bonds. The summed E-state index contributed by atoms with van der Waals surface area (Å²) in [7, 11) is -2.35. The Balaban J connectivity index is 1.07. The molecule has 5 atom stereocenters. The number of sulfonamides is 1. The third-order valence-electron chi connectivity index (χ3n) is 12.9. The Hall–Kier alpha value is -5.71. The van der Waals surface area contributed by atoms with Gasteiger partial charge in [0.25, 0.3) is 5.91 Å². The van der Waals surface area contributed by atoms with Crippen LogP contribution in [0.4, 0.5) is 4.79 Å². The van der Waals surface area contributed by atoms with E-state index >= 15 is 0 Å². The predicted octanol–water partition coefficient (Wildman–Crippen LogP) is 5.26. The molecule has 2 aromatic carbocycles. The number of aromatic nitrogens is 3. The zero-order valence-corrected chi connectivity index (χ0v) is 35.8. The molecule has 3 saturated carbocycles. The van der Waals surface area contributed by atoms with Crippen LogP contribution < -0.4 is 24.8 Å². The first kappa shape index (κ1) is 41.6. The van der Waals surface area contributed by atoms with Crippen LogP contribution in [0.15, 0.2) is 60.7 Å². The number of nitrogens with one attached hydrogen (secondary N) is 3. The summed E-state index contributed by atoms with van der Waals surface area (Å²) < 4.78 is 48.0. The van der Waals surface area contributed by atoms with Gasteiger partial charge in [0.2, 0.25) is 27.7 Å². The second kappa shape index (κ2) is 16.9. The zero-order valence-electron chi connectivity index (χ0n) is 35.0. The van der Waals surface area contributed by atoms with E-state index in [4.69, 9.17) is 24.3 Å². The van der Waals surface area contributed by atoms with Gasteiger partial charge in [-0.3, -0.25) is 19.1 Å². The number of rotatable bonds is 9. The van der Waals surface area contributed by atoms with E-state index in [-0.39, 0.29) is 25.5 Å². The highest BCUT2D eigenvalue weighted by Gasteiger charge is 2.62. The SMILES string of the molecule is COc1cccc2c1nn1c(O[C@@H]3C[C@H]4C(=O)N[C@]5(C(=O)NS(=O)(=O)C6CC6)C[C@H]5/C=C\CCCCC[C@H](NC(=O)OC5CCCC5)C(=O)N4C3)cc(-c3ccc(C)cc3)nc21. The summed E-state index contributed by atoms with van der Waals surface area (Å²) in [6.45, 7) is 1.96. The highest BCUT2D eigenvalue weighted by molar-refractivity contribution is 7.91. The molecule has 16 nitrogen and oxygen atoms in total. The van der Waals surface area contributed by atoms with Gasteiger partial charge in [0.1, 0.15) is 41.1 Å². The van der Waals surface area contributed by atoms with Gasteiger partial charge in [0, 0.05) is 24.0 Å². The summed E-state index contributed by atoms with van der Waals surface area (Å²) >= 11 is 0. The summed E-state index contributed by atoms with van der Waals surface area (Å²) in [6, 6.07) is 13.1. The van der Waals surface area contributed by atoms with Crippen molar-refractivity contribution in [1.29, 1.82) is 0 Å². The van der Waals surface area contributed by atoms with Crippen LogP contribution in [0.1, 0.15) is 89.0 Å². The number of hydrogen-bond donors (Lipinski definition) is 3. The van der Waals surface area contributed by atoms with E-state index in [2.05, 4.69) is 15.4 Å². The van der Waals surface area contributed by atoms with Gasteiger partial charge in [-0.2, -0.15) is 9.61 Å². The van der Waals surface area contributed by atoms with Crippen molar-refractivity contribution in [2.75, 3.05) is 13.7 Å². The van der Waals surface area contributed by atoms with Crippen LogP contribution in [0.2, 0.25) is 0 Å². The van der Waals surface area contributed by atoms with E-state index < -0.39 is 68.7 Å². The second-order valence-corrected chi connectivity index (χ2v) is 19.4. The number of amides is 4. The average molecular weight is 868 g/mol. The van der Waals surface area contributed by atoms with Gasteiger partial charge in [0.05, 0.1) is 30.0 Å². The van der Waals surface area contributed by atoms with E-state index in [1.807, 2.05) is 61.5 Å². The number of hydrogen-bond acceptors (Lipinski definition) is 11. The van der Waals surface area contributed by atoms with Crippen molar-refractivity contribution in [2.24, 2.45) is 5.92 Å². The lowest BCUT2D eigenvalue weighted by molar-refractivity contribution is -0.141. The van der Waals surface area contributed by atoms with Crippen LogP contribution in [0.5, 0.6) is 11.6 Å². The number of fused-ring (bicyclic) bond motifs is 5. The van der Waals surface area contributed by atoms with Crippen LogP contribution in [0.25, 0.3) is 27.8 Å². The second-order valence-electron chi connectivity index (χ2n) is 17.4. The Morgan fingerprint density at radius 1 is 0.952 bits per heavy atom. The van der Waals surface area contributed by atoms with Gasteiger partial charge in [-0.15, -0.1) is 0 Å². The van der Waals surface area contributed by atoms with Gasteiger partial charge in [-0.1, -0.05) is 60.9 Å². The normalized spacial score (nSPS) is 26.5. The molecule has 1 saturated heterocycles. The lowest BCUT2D eigenvalue weighted by atomic mass is 10.0. The van der Waals surface area contributed by atoms with Crippen LogP contribution >= 0.6 is 0 Å². The quantitative estimate of drug-likeness (QED) is 0.186. The number of methoxy groups -OCH3 is 1. The summed E-state index contributed by atoms with van der Waals surface area (Å²) in [5.41, 5.74) is 2.10.